The number of hydrogen-bond donors (Lipinski definition) is 1. The normalized spacial score (nSPS) is 12.7. The first-order valence-corrected chi connectivity index (χ1v) is 10.3. The fraction of sp³-hybridized carbons (Fsp3) is 0.143. The van der Waals surface area contributed by atoms with E-state index in [0.717, 1.165) is 34.2 Å². The highest BCUT2D eigenvalue weighted by atomic mass is 32.2. The van der Waals surface area contributed by atoms with Crippen LogP contribution in [0.25, 0.3) is 11.8 Å². The second-order valence-electron chi connectivity index (χ2n) is 6.55. The van der Waals surface area contributed by atoms with Gasteiger partial charge in [0.2, 0.25) is 5.91 Å². The molecular formula is C21H18N4O4S. The maximum Gasteiger partial charge on any atom is 0.269 e. The average Bonchev–Trinajstić information content (AvgIpc) is 3.35. The zero-order chi connectivity index (χ0) is 21.1. The highest BCUT2D eigenvalue weighted by Gasteiger charge is 2.24. The van der Waals surface area contributed by atoms with Gasteiger partial charge in [0.25, 0.3) is 5.69 Å². The van der Waals surface area contributed by atoms with Crippen molar-refractivity contribution in [1.82, 2.24) is 9.78 Å². The third kappa shape index (κ3) is 4.06. The van der Waals surface area contributed by atoms with Gasteiger partial charge in [-0.05, 0) is 48.0 Å². The Morgan fingerprint density at radius 1 is 1.20 bits per heavy atom. The molecule has 0 unspecified atom stereocenters. The number of benzene rings is 2. The van der Waals surface area contributed by atoms with E-state index in [1.54, 1.807) is 41.8 Å². The summed E-state index contributed by atoms with van der Waals surface area (Å²) < 4.78 is 6.94. The molecule has 2 aromatic carbocycles. The van der Waals surface area contributed by atoms with E-state index >= 15 is 0 Å². The lowest BCUT2D eigenvalue weighted by molar-refractivity contribution is -0.384. The molecule has 0 spiro atoms. The Hall–Kier alpha value is -3.59. The topological polar surface area (TPSA) is 99.3 Å². The number of hydrogen-bond acceptors (Lipinski definition) is 6. The maximum absolute atomic E-state index is 12.6. The third-order valence-electron chi connectivity index (χ3n) is 4.64. The number of nitrogens with one attached hydrogen (secondary N) is 1. The van der Waals surface area contributed by atoms with E-state index in [0.29, 0.717) is 11.4 Å². The number of nitrogens with zero attached hydrogens (tertiary/aromatic N) is 3. The number of anilines is 1. The Balaban J connectivity index is 1.56. The van der Waals surface area contributed by atoms with E-state index in [4.69, 9.17) is 4.74 Å². The number of amides is 1. The minimum Gasteiger partial charge on any atom is -0.497 e. The van der Waals surface area contributed by atoms with Crippen molar-refractivity contribution in [3.05, 3.63) is 81.5 Å². The van der Waals surface area contributed by atoms with Crippen molar-refractivity contribution < 1.29 is 14.5 Å². The largest absolute Gasteiger partial charge is 0.497 e. The smallest absolute Gasteiger partial charge is 0.269 e. The van der Waals surface area contributed by atoms with Crippen molar-refractivity contribution >= 4 is 35.3 Å². The molecule has 0 atom stereocenters. The Kier molecular flexibility index (Phi) is 5.53. The molecule has 1 aliphatic heterocycles. The molecule has 1 N–H and O–H groups in total. The van der Waals surface area contributed by atoms with Crippen LogP contribution in [0.15, 0.2) is 54.6 Å². The summed E-state index contributed by atoms with van der Waals surface area (Å²) in [6.45, 7) is 0. The number of carbonyl (C=O) groups is 1. The fourth-order valence-corrected chi connectivity index (χ4v) is 4.12. The monoisotopic (exact) mass is 422 g/mol. The molecule has 8 nitrogen and oxygen atoms in total. The van der Waals surface area contributed by atoms with Crippen LogP contribution in [-0.4, -0.2) is 27.7 Å². The van der Waals surface area contributed by atoms with Crippen molar-refractivity contribution in [1.29, 1.82) is 0 Å². The van der Waals surface area contributed by atoms with Gasteiger partial charge >= 0.3 is 0 Å². The first-order valence-electron chi connectivity index (χ1n) is 9.11. The molecule has 2 heterocycles. The van der Waals surface area contributed by atoms with Crippen LogP contribution in [0.5, 0.6) is 5.75 Å². The van der Waals surface area contributed by atoms with Crippen LogP contribution in [0.2, 0.25) is 0 Å². The predicted molar refractivity (Wildman–Crippen MR) is 116 cm³/mol. The molecule has 0 bridgehead atoms. The van der Waals surface area contributed by atoms with Crippen LogP contribution in [0.4, 0.5) is 11.5 Å². The van der Waals surface area contributed by atoms with Crippen molar-refractivity contribution in [2.45, 2.75) is 11.5 Å². The molecule has 0 saturated heterocycles. The molecule has 0 saturated carbocycles. The summed E-state index contributed by atoms with van der Waals surface area (Å²) in [6.07, 6.45) is 3.02. The molecule has 0 radical (unpaired) electrons. The summed E-state index contributed by atoms with van der Waals surface area (Å²) in [4.78, 5) is 22.8. The van der Waals surface area contributed by atoms with E-state index < -0.39 is 4.92 Å². The van der Waals surface area contributed by atoms with Crippen LogP contribution in [0.3, 0.4) is 0 Å². The van der Waals surface area contributed by atoms with Gasteiger partial charge in [-0.1, -0.05) is 0 Å². The van der Waals surface area contributed by atoms with E-state index in [1.165, 1.54) is 18.2 Å². The van der Waals surface area contributed by atoms with Crippen molar-refractivity contribution in [2.24, 2.45) is 0 Å². The summed E-state index contributed by atoms with van der Waals surface area (Å²) in [6, 6.07) is 13.5. The average molecular weight is 422 g/mol. The number of ether oxygens (including phenoxy) is 1. The summed E-state index contributed by atoms with van der Waals surface area (Å²) >= 11 is 1.75. The van der Waals surface area contributed by atoms with Crippen molar-refractivity contribution in [3.8, 4) is 11.4 Å². The molecule has 3 aromatic rings. The number of non-ortho nitro benzene ring substituents is 1. The van der Waals surface area contributed by atoms with Crippen LogP contribution < -0.4 is 10.1 Å². The third-order valence-corrected chi connectivity index (χ3v) is 5.61. The zero-order valence-corrected chi connectivity index (χ0v) is 16.9. The van der Waals surface area contributed by atoms with Gasteiger partial charge in [-0.15, -0.1) is 0 Å². The lowest BCUT2D eigenvalue weighted by atomic mass is 10.2. The molecule has 0 aliphatic carbocycles. The second kappa shape index (κ2) is 8.42. The molecule has 9 heteroatoms. The molecule has 0 fully saturated rings. The predicted octanol–water partition coefficient (Wildman–Crippen LogP) is 4.19. The highest BCUT2D eigenvalue weighted by Crippen LogP contribution is 2.36. The van der Waals surface area contributed by atoms with Gasteiger partial charge in [0.05, 0.1) is 23.4 Å². The summed E-state index contributed by atoms with van der Waals surface area (Å²) in [7, 11) is 1.61. The van der Waals surface area contributed by atoms with Gasteiger partial charge in [-0.25, -0.2) is 4.68 Å². The van der Waals surface area contributed by atoms with Crippen molar-refractivity contribution in [3.63, 3.8) is 0 Å². The van der Waals surface area contributed by atoms with Gasteiger partial charge in [0.15, 0.2) is 0 Å². The standard InChI is InChI=1S/C21H18N4O4S/c1-29-17-9-7-15(8-10-17)24-21(18-12-30-13-19(18)23-24)22-20(26)11-4-14-2-5-16(6-3-14)25(27)28/h2-11H,12-13H2,1H3,(H,22,26)/b11-4-. The summed E-state index contributed by atoms with van der Waals surface area (Å²) in [5.74, 6) is 2.68. The van der Waals surface area contributed by atoms with E-state index in [-0.39, 0.29) is 11.6 Å². The molecular weight excluding hydrogens is 404 g/mol. The van der Waals surface area contributed by atoms with Crippen molar-refractivity contribution in [2.75, 3.05) is 12.4 Å². The van der Waals surface area contributed by atoms with Gasteiger partial charge in [-0.2, -0.15) is 16.9 Å². The van der Waals surface area contributed by atoms with Gasteiger partial charge in [0, 0.05) is 35.3 Å². The number of nitro groups is 1. The van der Waals surface area contributed by atoms with E-state index in [1.807, 2.05) is 24.3 Å². The lowest BCUT2D eigenvalue weighted by Crippen LogP contribution is -2.13. The molecule has 30 heavy (non-hydrogen) atoms. The van der Waals surface area contributed by atoms with E-state index in [9.17, 15) is 14.9 Å². The quantitative estimate of drug-likeness (QED) is 0.363. The minimum absolute atomic E-state index is 0.00746. The summed E-state index contributed by atoms with van der Waals surface area (Å²) in [5, 5.41) is 18.3. The van der Waals surface area contributed by atoms with Gasteiger partial charge in [-0.3, -0.25) is 14.9 Å². The number of nitro benzene ring substituents is 1. The van der Waals surface area contributed by atoms with Crippen LogP contribution in [0, 0.1) is 10.1 Å². The molecule has 1 aliphatic rings. The Morgan fingerprint density at radius 3 is 2.60 bits per heavy atom. The first-order chi connectivity index (χ1) is 14.5. The number of rotatable bonds is 6. The zero-order valence-electron chi connectivity index (χ0n) is 16.1. The van der Waals surface area contributed by atoms with Gasteiger partial charge in [0.1, 0.15) is 11.6 Å². The number of aromatic nitrogens is 2. The number of methoxy groups -OCH3 is 1. The SMILES string of the molecule is COc1ccc(-n2nc3c(c2NC(=O)/C=C\c2ccc([N+](=O)[O-])cc2)CSC3)cc1. The fourth-order valence-electron chi connectivity index (χ4n) is 3.09. The maximum atomic E-state index is 12.6. The number of carbonyl (C=O) groups excluding carboxylic acids is 1. The Morgan fingerprint density at radius 2 is 1.93 bits per heavy atom. The Labute approximate surface area is 176 Å². The number of thioether (sulfide) groups is 1. The number of fused-ring (bicyclic) bond motifs is 1. The minimum atomic E-state index is -0.459. The van der Waals surface area contributed by atoms with Crippen LogP contribution in [-0.2, 0) is 16.3 Å². The van der Waals surface area contributed by atoms with Crippen LogP contribution in [0.1, 0.15) is 16.8 Å². The molecule has 1 aromatic heterocycles. The van der Waals surface area contributed by atoms with Gasteiger partial charge < -0.3 is 10.1 Å². The first kappa shape index (κ1) is 19.7. The summed E-state index contributed by atoms with van der Waals surface area (Å²) in [5.41, 5.74) is 3.51. The highest BCUT2D eigenvalue weighted by molar-refractivity contribution is 7.98. The van der Waals surface area contributed by atoms with E-state index in [2.05, 4.69) is 10.4 Å². The lowest BCUT2D eigenvalue weighted by Gasteiger charge is -2.10. The molecule has 152 valence electrons. The molecule has 4 rings (SSSR count). The second-order valence-corrected chi connectivity index (χ2v) is 7.53. The molecule has 1 amide bonds. The van der Waals surface area contributed by atoms with Crippen LogP contribution >= 0.6 is 11.8 Å². The Bertz CT molecular complexity index is 1120.